The van der Waals surface area contributed by atoms with Crippen molar-refractivity contribution >= 4 is 21.6 Å². The zero-order valence-corrected chi connectivity index (χ0v) is 17.9. The summed E-state index contributed by atoms with van der Waals surface area (Å²) in [4.78, 5) is 15.7. The lowest BCUT2D eigenvalue weighted by molar-refractivity contribution is -0.145. The third kappa shape index (κ3) is 5.76. The van der Waals surface area contributed by atoms with Gasteiger partial charge in [-0.3, -0.25) is 14.0 Å². The van der Waals surface area contributed by atoms with Crippen molar-refractivity contribution in [3.63, 3.8) is 0 Å². The first kappa shape index (κ1) is 23.1. The van der Waals surface area contributed by atoms with Gasteiger partial charge in [-0.15, -0.1) is 0 Å². The molecule has 0 aliphatic carbocycles. The number of para-hydroxylation sites is 1. The van der Waals surface area contributed by atoms with Crippen LogP contribution >= 0.6 is 0 Å². The molecule has 0 spiro atoms. The molecule has 6 nitrogen and oxygen atoms in total. The largest absolute Gasteiger partial charge is 0.401 e. The van der Waals surface area contributed by atoms with Gasteiger partial charge in [0.25, 0.3) is 15.9 Å². The Hall–Kier alpha value is -2.59. The summed E-state index contributed by atoms with van der Waals surface area (Å²) in [6, 6.07) is 14.3. The van der Waals surface area contributed by atoms with E-state index in [0.29, 0.717) is 18.7 Å². The van der Waals surface area contributed by atoms with Crippen molar-refractivity contribution in [2.24, 2.45) is 0 Å². The number of hydrogen-bond donors (Lipinski definition) is 0. The molecule has 1 aliphatic heterocycles. The molecular weight excluding hydrogens is 431 g/mol. The van der Waals surface area contributed by atoms with E-state index in [9.17, 15) is 26.4 Å². The van der Waals surface area contributed by atoms with Crippen LogP contribution in [0.25, 0.3) is 0 Å². The molecule has 0 saturated carbocycles. The van der Waals surface area contributed by atoms with Crippen LogP contribution in [0.3, 0.4) is 0 Å². The minimum Gasteiger partial charge on any atom is -0.337 e. The molecule has 0 atom stereocenters. The number of alkyl halides is 3. The molecule has 0 radical (unpaired) electrons. The van der Waals surface area contributed by atoms with Crippen molar-refractivity contribution in [3.8, 4) is 0 Å². The SMILES string of the molecule is CN(c1ccccc1)S(=O)(=O)c1cccc(C(=O)N2CCCN(CC(F)(F)F)CC2)c1. The minimum absolute atomic E-state index is 0.0294. The maximum Gasteiger partial charge on any atom is 0.401 e. The van der Waals surface area contributed by atoms with Crippen molar-refractivity contribution in [3.05, 3.63) is 60.2 Å². The van der Waals surface area contributed by atoms with Gasteiger partial charge < -0.3 is 4.90 Å². The molecule has 1 heterocycles. The number of nitrogens with zero attached hydrogens (tertiary/aromatic N) is 3. The van der Waals surface area contributed by atoms with Gasteiger partial charge in [-0.05, 0) is 36.8 Å². The van der Waals surface area contributed by atoms with E-state index in [2.05, 4.69) is 0 Å². The third-order valence-electron chi connectivity index (χ3n) is 5.14. The highest BCUT2D eigenvalue weighted by Gasteiger charge is 2.32. The quantitative estimate of drug-likeness (QED) is 0.695. The summed E-state index contributed by atoms with van der Waals surface area (Å²) in [5.41, 5.74) is 0.670. The van der Waals surface area contributed by atoms with Crippen LogP contribution in [-0.4, -0.2) is 70.1 Å². The Morgan fingerprint density at radius 1 is 1.00 bits per heavy atom. The summed E-state index contributed by atoms with van der Waals surface area (Å²) in [5, 5.41) is 0. The van der Waals surface area contributed by atoms with Crippen LogP contribution in [0.15, 0.2) is 59.5 Å². The Kier molecular flexibility index (Phi) is 6.90. The van der Waals surface area contributed by atoms with E-state index in [1.807, 2.05) is 0 Å². The molecule has 1 saturated heterocycles. The summed E-state index contributed by atoms with van der Waals surface area (Å²) in [6.07, 6.45) is -3.87. The Morgan fingerprint density at radius 3 is 2.39 bits per heavy atom. The molecule has 10 heteroatoms. The average Bonchev–Trinajstić information content (AvgIpc) is 2.97. The number of carbonyl (C=O) groups excluding carboxylic acids is 1. The van der Waals surface area contributed by atoms with E-state index >= 15 is 0 Å². The van der Waals surface area contributed by atoms with Crippen molar-refractivity contribution in [1.82, 2.24) is 9.80 Å². The average molecular weight is 456 g/mol. The number of sulfonamides is 1. The smallest absolute Gasteiger partial charge is 0.337 e. The Bertz CT molecular complexity index is 1010. The summed E-state index contributed by atoms with van der Waals surface area (Å²) in [5.74, 6) is -0.395. The standard InChI is InChI=1S/C21H24F3N3O3S/c1-25(18-8-3-2-4-9-18)31(29,30)19-10-5-7-17(15-19)20(28)27-12-6-11-26(13-14-27)16-21(22,23)24/h2-5,7-10,15H,6,11-14,16H2,1H3. The van der Waals surface area contributed by atoms with Gasteiger partial charge in [-0.2, -0.15) is 13.2 Å². The van der Waals surface area contributed by atoms with E-state index in [0.717, 1.165) is 4.31 Å². The first-order valence-electron chi connectivity index (χ1n) is 9.80. The zero-order valence-electron chi connectivity index (χ0n) is 17.0. The van der Waals surface area contributed by atoms with Crippen LogP contribution in [0.2, 0.25) is 0 Å². The van der Waals surface area contributed by atoms with Crippen molar-refractivity contribution in [2.75, 3.05) is 44.1 Å². The van der Waals surface area contributed by atoms with Gasteiger partial charge >= 0.3 is 6.18 Å². The van der Waals surface area contributed by atoms with E-state index < -0.39 is 28.7 Å². The van der Waals surface area contributed by atoms with Crippen LogP contribution < -0.4 is 4.31 Å². The van der Waals surface area contributed by atoms with Gasteiger partial charge in [0.2, 0.25) is 0 Å². The predicted octanol–water partition coefficient (Wildman–Crippen LogP) is 3.22. The highest BCUT2D eigenvalue weighted by Crippen LogP contribution is 2.23. The van der Waals surface area contributed by atoms with Gasteiger partial charge in [-0.25, -0.2) is 8.42 Å². The molecule has 1 amide bonds. The molecule has 3 rings (SSSR count). The van der Waals surface area contributed by atoms with Crippen LogP contribution in [0.4, 0.5) is 18.9 Å². The van der Waals surface area contributed by atoms with Crippen LogP contribution in [0, 0.1) is 0 Å². The molecular formula is C21H24F3N3O3S. The monoisotopic (exact) mass is 455 g/mol. The first-order chi connectivity index (χ1) is 14.6. The lowest BCUT2D eigenvalue weighted by Gasteiger charge is -2.23. The minimum atomic E-state index is -4.29. The second-order valence-electron chi connectivity index (χ2n) is 7.37. The molecule has 2 aromatic rings. The highest BCUT2D eigenvalue weighted by atomic mass is 32.2. The van der Waals surface area contributed by atoms with Crippen molar-refractivity contribution < 1.29 is 26.4 Å². The van der Waals surface area contributed by atoms with Gasteiger partial charge in [0, 0.05) is 38.8 Å². The van der Waals surface area contributed by atoms with Gasteiger partial charge in [0.05, 0.1) is 17.1 Å². The molecule has 1 aliphatic rings. The molecule has 0 unspecified atom stereocenters. The molecule has 1 fully saturated rings. The molecule has 2 aromatic carbocycles. The number of benzene rings is 2. The van der Waals surface area contributed by atoms with Gasteiger partial charge in [-0.1, -0.05) is 24.3 Å². The summed E-state index contributed by atoms with van der Waals surface area (Å²) >= 11 is 0. The Balaban J connectivity index is 1.76. The molecule has 0 N–H and O–H groups in total. The summed E-state index contributed by atoms with van der Waals surface area (Å²) < 4.78 is 65.1. The number of carbonyl (C=O) groups is 1. The van der Waals surface area contributed by atoms with Crippen LogP contribution in [0.1, 0.15) is 16.8 Å². The predicted molar refractivity (Wildman–Crippen MR) is 111 cm³/mol. The summed E-state index contributed by atoms with van der Waals surface area (Å²) in [6.45, 7) is -0.183. The third-order valence-corrected chi connectivity index (χ3v) is 6.92. The fourth-order valence-electron chi connectivity index (χ4n) is 3.49. The van der Waals surface area contributed by atoms with Gasteiger partial charge in [0.15, 0.2) is 0 Å². The van der Waals surface area contributed by atoms with Gasteiger partial charge in [0.1, 0.15) is 0 Å². The number of amides is 1. The normalized spacial score (nSPS) is 16.1. The van der Waals surface area contributed by atoms with E-state index in [1.54, 1.807) is 30.3 Å². The first-order valence-corrected chi connectivity index (χ1v) is 11.2. The lowest BCUT2D eigenvalue weighted by Crippen LogP contribution is -2.38. The van der Waals surface area contributed by atoms with E-state index in [1.165, 1.54) is 41.1 Å². The topological polar surface area (TPSA) is 60.9 Å². The van der Waals surface area contributed by atoms with Crippen LogP contribution in [0.5, 0.6) is 0 Å². The molecule has 0 bridgehead atoms. The Morgan fingerprint density at radius 2 is 1.71 bits per heavy atom. The second-order valence-corrected chi connectivity index (χ2v) is 9.34. The van der Waals surface area contributed by atoms with Crippen molar-refractivity contribution in [1.29, 1.82) is 0 Å². The highest BCUT2D eigenvalue weighted by molar-refractivity contribution is 7.92. The molecule has 168 valence electrons. The molecule has 0 aromatic heterocycles. The zero-order chi connectivity index (χ0) is 22.6. The number of anilines is 1. The number of hydrogen-bond acceptors (Lipinski definition) is 4. The van der Waals surface area contributed by atoms with E-state index in [4.69, 9.17) is 0 Å². The summed E-state index contributed by atoms with van der Waals surface area (Å²) in [7, 11) is -2.45. The maximum absolute atomic E-state index is 13.0. The Labute approximate surface area is 179 Å². The second kappa shape index (κ2) is 9.27. The number of rotatable bonds is 5. The fourth-order valence-corrected chi connectivity index (χ4v) is 4.73. The number of halogens is 3. The lowest BCUT2D eigenvalue weighted by atomic mass is 10.2. The van der Waals surface area contributed by atoms with Crippen LogP contribution in [-0.2, 0) is 10.0 Å². The molecule has 31 heavy (non-hydrogen) atoms. The fraction of sp³-hybridized carbons (Fsp3) is 0.381. The van der Waals surface area contributed by atoms with E-state index in [-0.39, 0.29) is 30.1 Å². The van der Waals surface area contributed by atoms with Crippen molar-refractivity contribution in [2.45, 2.75) is 17.5 Å². The maximum atomic E-state index is 13.0.